The van der Waals surface area contributed by atoms with Gasteiger partial charge in [-0.05, 0) is 82.5 Å². The Kier molecular flexibility index (Phi) is 12.0. The molecular formula is C40H68Cl2O8. The van der Waals surface area contributed by atoms with Crippen molar-refractivity contribution < 1.29 is 38.3 Å². The van der Waals surface area contributed by atoms with Crippen molar-refractivity contribution in [2.45, 2.75) is 192 Å². The van der Waals surface area contributed by atoms with Crippen LogP contribution in [0.5, 0.6) is 0 Å². The second-order valence-corrected chi connectivity index (χ2v) is 18.9. The summed E-state index contributed by atoms with van der Waals surface area (Å²) in [5.74, 6) is 0.155. The van der Waals surface area contributed by atoms with Gasteiger partial charge in [-0.1, -0.05) is 48.5 Å². The number of aliphatic hydroxyl groups is 1. The molecule has 6 fully saturated rings. The lowest BCUT2D eigenvalue weighted by atomic mass is 9.78. The van der Waals surface area contributed by atoms with E-state index in [9.17, 15) is 5.11 Å². The van der Waals surface area contributed by atoms with E-state index in [4.69, 9.17) is 56.4 Å². The summed E-state index contributed by atoms with van der Waals surface area (Å²) < 4.78 is 47.6. The first kappa shape index (κ1) is 39.9. The molecule has 0 bridgehead atoms. The topological polar surface area (TPSA) is 84.8 Å². The van der Waals surface area contributed by atoms with E-state index in [0.717, 1.165) is 57.8 Å². The molecule has 19 atom stereocenters. The fourth-order valence-electron chi connectivity index (χ4n) is 11.3. The molecule has 6 rings (SSSR count). The smallest absolute Gasteiger partial charge is 0.182 e. The summed E-state index contributed by atoms with van der Waals surface area (Å²) in [5, 5.41) is 11.1. The largest absolute Gasteiger partial charge is 0.381 e. The first-order valence-electron chi connectivity index (χ1n) is 19.9. The van der Waals surface area contributed by atoms with Crippen LogP contribution in [0, 0.1) is 41.4 Å². The van der Waals surface area contributed by atoms with Crippen LogP contribution in [-0.4, -0.2) is 95.6 Å². The second kappa shape index (κ2) is 15.1. The van der Waals surface area contributed by atoms with Crippen LogP contribution >= 0.6 is 23.2 Å². The van der Waals surface area contributed by atoms with E-state index < -0.39 is 22.8 Å². The standard InChI is InChI=1S/C40H68Cl2O8/c1-22-11-12-29(45-34(22)25(4)20-41)17-30-18-31(44-10)28(7)40(47-30)27(6)19-38(9,50-40)33-13-14-37(8,48-33)36-24(3)16-32(46-36)35-23(2)15-26(5)39(43,21-42)49-35/h22-36,43H,11-21H2,1-10H3. The first-order chi connectivity index (χ1) is 23.5. The molecule has 0 saturated carbocycles. The van der Waals surface area contributed by atoms with Crippen LogP contribution in [0.2, 0.25) is 0 Å². The summed E-state index contributed by atoms with van der Waals surface area (Å²) >= 11 is 12.5. The number of halogens is 2. The molecule has 6 aliphatic rings. The lowest BCUT2D eigenvalue weighted by molar-refractivity contribution is -0.352. The number of rotatable bonds is 9. The lowest BCUT2D eigenvalue weighted by Gasteiger charge is -2.50. The van der Waals surface area contributed by atoms with E-state index in [0.29, 0.717) is 17.7 Å². The predicted molar refractivity (Wildman–Crippen MR) is 195 cm³/mol. The van der Waals surface area contributed by atoms with Gasteiger partial charge in [0.15, 0.2) is 11.6 Å². The van der Waals surface area contributed by atoms with Gasteiger partial charge in [0.25, 0.3) is 0 Å². The fourth-order valence-corrected chi connectivity index (χ4v) is 11.8. The maximum Gasteiger partial charge on any atom is 0.182 e. The van der Waals surface area contributed by atoms with Crippen LogP contribution in [0.25, 0.3) is 0 Å². The maximum atomic E-state index is 11.1. The number of hydrogen-bond donors (Lipinski definition) is 1. The predicted octanol–water partition coefficient (Wildman–Crippen LogP) is 8.11. The molecular weight excluding hydrogens is 679 g/mol. The third kappa shape index (κ3) is 7.21. The third-order valence-corrected chi connectivity index (χ3v) is 15.2. The first-order valence-corrected chi connectivity index (χ1v) is 21.0. The SMILES string of the molecule is COC1CC(CC2CCC(C)C(C(C)CCl)O2)OC2(OC(C)(C3CCC(C)(C4OC(C5OC(O)(CCl)C(C)CC5C)CC4C)O3)CC2C)C1C. The lowest BCUT2D eigenvalue weighted by Crippen LogP contribution is -2.58. The van der Waals surface area contributed by atoms with Crippen LogP contribution < -0.4 is 0 Å². The van der Waals surface area contributed by atoms with Crippen LogP contribution in [0.4, 0.5) is 0 Å². The Morgan fingerprint density at radius 1 is 0.820 bits per heavy atom. The van der Waals surface area contributed by atoms with E-state index in [1.165, 1.54) is 0 Å². The highest BCUT2D eigenvalue weighted by molar-refractivity contribution is 6.18. The molecule has 0 aliphatic carbocycles. The van der Waals surface area contributed by atoms with Gasteiger partial charge in [0.1, 0.15) is 0 Å². The Labute approximate surface area is 312 Å². The molecule has 0 aromatic heterocycles. The molecule has 0 aromatic rings. The molecule has 1 spiro atoms. The summed E-state index contributed by atoms with van der Waals surface area (Å²) in [4.78, 5) is 0. The molecule has 290 valence electrons. The molecule has 6 saturated heterocycles. The van der Waals surface area contributed by atoms with Crippen molar-refractivity contribution in [1.82, 2.24) is 0 Å². The zero-order valence-electron chi connectivity index (χ0n) is 32.5. The minimum absolute atomic E-state index is 0.0189. The molecule has 10 heteroatoms. The van der Waals surface area contributed by atoms with Crippen molar-refractivity contribution in [3.8, 4) is 0 Å². The van der Waals surface area contributed by atoms with Crippen molar-refractivity contribution in [2.75, 3.05) is 18.9 Å². The fraction of sp³-hybridized carbons (Fsp3) is 1.00. The van der Waals surface area contributed by atoms with E-state index in [1.54, 1.807) is 0 Å². The zero-order chi connectivity index (χ0) is 36.4. The van der Waals surface area contributed by atoms with E-state index in [-0.39, 0.29) is 84.3 Å². The number of ether oxygens (including phenoxy) is 7. The molecule has 50 heavy (non-hydrogen) atoms. The normalized spacial score (nSPS) is 55.1. The van der Waals surface area contributed by atoms with Gasteiger partial charge >= 0.3 is 0 Å². The molecule has 0 radical (unpaired) electrons. The van der Waals surface area contributed by atoms with Gasteiger partial charge in [-0.2, -0.15) is 0 Å². The van der Waals surface area contributed by atoms with E-state index in [1.807, 2.05) is 14.0 Å². The van der Waals surface area contributed by atoms with E-state index >= 15 is 0 Å². The van der Waals surface area contributed by atoms with Crippen LogP contribution in [0.1, 0.15) is 120 Å². The monoisotopic (exact) mass is 746 g/mol. The minimum Gasteiger partial charge on any atom is -0.381 e. The molecule has 1 N–H and O–H groups in total. The zero-order valence-corrected chi connectivity index (χ0v) is 34.0. The van der Waals surface area contributed by atoms with Gasteiger partial charge < -0.3 is 38.3 Å². The number of hydrogen-bond acceptors (Lipinski definition) is 8. The number of alkyl halides is 2. The van der Waals surface area contributed by atoms with Crippen molar-refractivity contribution in [3.63, 3.8) is 0 Å². The highest BCUT2D eigenvalue weighted by Gasteiger charge is 2.65. The minimum atomic E-state index is -1.32. The van der Waals surface area contributed by atoms with Gasteiger partial charge in [-0.25, -0.2) is 0 Å². The average Bonchev–Trinajstić information content (AvgIpc) is 3.75. The van der Waals surface area contributed by atoms with Crippen molar-refractivity contribution in [1.29, 1.82) is 0 Å². The van der Waals surface area contributed by atoms with Crippen molar-refractivity contribution in [3.05, 3.63) is 0 Å². The van der Waals surface area contributed by atoms with Crippen LogP contribution in [0.15, 0.2) is 0 Å². The second-order valence-electron chi connectivity index (χ2n) is 18.4. The summed E-state index contributed by atoms with van der Waals surface area (Å²) in [6, 6.07) is 0. The quantitative estimate of drug-likeness (QED) is 0.237. The Hall–Kier alpha value is 0.260. The van der Waals surface area contributed by atoms with Gasteiger partial charge in [-0.15, -0.1) is 23.2 Å². The molecule has 19 unspecified atom stereocenters. The molecule has 0 amide bonds. The molecule has 6 heterocycles. The Morgan fingerprint density at radius 2 is 1.56 bits per heavy atom. The van der Waals surface area contributed by atoms with Crippen LogP contribution in [0.3, 0.4) is 0 Å². The Balaban J connectivity index is 1.13. The van der Waals surface area contributed by atoms with Gasteiger partial charge in [0, 0.05) is 43.6 Å². The maximum absolute atomic E-state index is 11.1. The summed E-state index contributed by atoms with van der Waals surface area (Å²) in [5.41, 5.74) is -0.973. The molecule has 0 aromatic carbocycles. The molecule has 8 nitrogen and oxygen atoms in total. The molecule has 6 aliphatic heterocycles. The van der Waals surface area contributed by atoms with Gasteiger partial charge in [0.05, 0.1) is 65.9 Å². The van der Waals surface area contributed by atoms with E-state index in [2.05, 4.69) is 55.4 Å². The van der Waals surface area contributed by atoms with Crippen molar-refractivity contribution >= 4 is 23.2 Å². The Morgan fingerprint density at radius 3 is 2.24 bits per heavy atom. The highest BCUT2D eigenvalue weighted by atomic mass is 35.5. The van der Waals surface area contributed by atoms with Gasteiger partial charge in [0.2, 0.25) is 0 Å². The van der Waals surface area contributed by atoms with Crippen LogP contribution in [-0.2, 0) is 33.2 Å². The summed E-state index contributed by atoms with van der Waals surface area (Å²) in [7, 11) is 1.82. The number of methoxy groups -OCH3 is 1. The summed E-state index contributed by atoms with van der Waals surface area (Å²) in [6.45, 7) is 19.9. The van der Waals surface area contributed by atoms with Crippen molar-refractivity contribution in [2.24, 2.45) is 41.4 Å². The highest BCUT2D eigenvalue weighted by Crippen LogP contribution is 2.57. The van der Waals surface area contributed by atoms with Gasteiger partial charge in [-0.3, -0.25) is 0 Å². The summed E-state index contributed by atoms with van der Waals surface area (Å²) in [6.07, 6.45) is 8.04. The Bertz CT molecular complexity index is 1160. The third-order valence-electron chi connectivity index (χ3n) is 14.3. The average molecular weight is 748 g/mol.